The number of urea groups is 1. The van der Waals surface area contributed by atoms with Crippen molar-refractivity contribution in [2.75, 3.05) is 19.5 Å². The number of methoxy groups -OCH3 is 2. The molecule has 6 nitrogen and oxygen atoms in total. The predicted molar refractivity (Wildman–Crippen MR) is 83.6 cm³/mol. The average Bonchev–Trinajstić information content (AvgIpc) is 3.00. The van der Waals surface area contributed by atoms with Gasteiger partial charge in [0.15, 0.2) is 0 Å². The monoisotopic (exact) mass is 304 g/mol. The Hall–Kier alpha value is -2.63. The van der Waals surface area contributed by atoms with Gasteiger partial charge < -0.3 is 24.5 Å². The van der Waals surface area contributed by atoms with Crippen LogP contribution in [0.2, 0.25) is 0 Å². The second-order valence-electron chi connectivity index (χ2n) is 4.85. The first-order chi connectivity index (χ1) is 10.6. The summed E-state index contributed by atoms with van der Waals surface area (Å²) in [6.07, 6.45) is 2.24. The smallest absolute Gasteiger partial charge is 0.319 e. The summed E-state index contributed by atoms with van der Waals surface area (Å²) in [6.45, 7) is 1.91. The average molecular weight is 304 g/mol. The van der Waals surface area contributed by atoms with Gasteiger partial charge in [-0.2, -0.15) is 0 Å². The molecule has 2 N–H and O–H groups in total. The number of benzene rings is 1. The molecule has 118 valence electrons. The van der Waals surface area contributed by atoms with Gasteiger partial charge in [-0.1, -0.05) is 0 Å². The third kappa shape index (κ3) is 4.18. The fourth-order valence-corrected chi connectivity index (χ4v) is 2.07. The molecule has 1 unspecified atom stereocenters. The molecule has 0 fully saturated rings. The van der Waals surface area contributed by atoms with E-state index in [0.717, 1.165) is 5.76 Å². The highest BCUT2D eigenvalue weighted by atomic mass is 16.5. The lowest BCUT2D eigenvalue weighted by Gasteiger charge is -2.15. The molecule has 0 spiro atoms. The fraction of sp³-hybridized carbons (Fsp3) is 0.312. The maximum Gasteiger partial charge on any atom is 0.319 e. The molecule has 1 aromatic heterocycles. The quantitative estimate of drug-likeness (QED) is 0.860. The van der Waals surface area contributed by atoms with E-state index in [1.807, 2.05) is 19.1 Å². The van der Waals surface area contributed by atoms with Crippen LogP contribution in [0.15, 0.2) is 41.0 Å². The number of rotatable bonds is 6. The van der Waals surface area contributed by atoms with Gasteiger partial charge >= 0.3 is 6.03 Å². The van der Waals surface area contributed by atoms with Crippen LogP contribution in [0.3, 0.4) is 0 Å². The zero-order chi connectivity index (χ0) is 15.9. The number of amides is 2. The van der Waals surface area contributed by atoms with Gasteiger partial charge in [-0.05, 0) is 31.2 Å². The minimum Gasteiger partial charge on any atom is -0.497 e. The van der Waals surface area contributed by atoms with Crippen LogP contribution in [0.25, 0.3) is 0 Å². The van der Waals surface area contributed by atoms with E-state index in [4.69, 9.17) is 13.9 Å². The van der Waals surface area contributed by atoms with Crippen molar-refractivity contribution in [1.82, 2.24) is 5.32 Å². The van der Waals surface area contributed by atoms with Gasteiger partial charge in [0.05, 0.1) is 26.2 Å². The van der Waals surface area contributed by atoms with E-state index >= 15 is 0 Å². The summed E-state index contributed by atoms with van der Waals surface area (Å²) in [7, 11) is 3.11. The number of ether oxygens (including phenoxy) is 2. The summed E-state index contributed by atoms with van der Waals surface area (Å²) in [5, 5.41) is 5.61. The minimum atomic E-state index is -0.303. The molecular formula is C16H20N2O4. The highest BCUT2D eigenvalue weighted by Gasteiger charge is 2.12. The molecule has 2 rings (SSSR count). The summed E-state index contributed by atoms with van der Waals surface area (Å²) in [5.41, 5.74) is 0.575. The van der Waals surface area contributed by atoms with Crippen molar-refractivity contribution >= 4 is 11.7 Å². The molecule has 0 radical (unpaired) electrons. The van der Waals surface area contributed by atoms with Gasteiger partial charge in [-0.25, -0.2) is 4.79 Å². The Kier molecular flexibility index (Phi) is 5.30. The molecule has 1 atom stereocenters. The number of anilines is 1. The maximum atomic E-state index is 12.0. The van der Waals surface area contributed by atoms with Crippen LogP contribution in [-0.2, 0) is 6.42 Å². The SMILES string of the molecule is COc1ccc(NC(=O)NC(C)Cc2ccco2)c(OC)c1. The summed E-state index contributed by atoms with van der Waals surface area (Å²) in [4.78, 5) is 12.0. The topological polar surface area (TPSA) is 72.7 Å². The van der Waals surface area contributed by atoms with Gasteiger partial charge in [-0.3, -0.25) is 0 Å². The number of hydrogen-bond donors (Lipinski definition) is 2. The molecule has 0 saturated carbocycles. The van der Waals surface area contributed by atoms with Crippen LogP contribution in [0.1, 0.15) is 12.7 Å². The molecule has 6 heteroatoms. The minimum absolute atomic E-state index is 0.0598. The molecule has 0 aliphatic carbocycles. The molecule has 0 aliphatic heterocycles. The van der Waals surface area contributed by atoms with E-state index in [2.05, 4.69) is 10.6 Å². The van der Waals surface area contributed by atoms with E-state index < -0.39 is 0 Å². The summed E-state index contributed by atoms with van der Waals surface area (Å²) in [6, 6.07) is 8.53. The van der Waals surface area contributed by atoms with Crippen LogP contribution < -0.4 is 20.1 Å². The predicted octanol–water partition coefficient (Wildman–Crippen LogP) is 3.05. The Morgan fingerprint density at radius 1 is 1.27 bits per heavy atom. The maximum absolute atomic E-state index is 12.0. The van der Waals surface area contributed by atoms with E-state index in [1.54, 1.807) is 31.6 Å². The van der Waals surface area contributed by atoms with Crippen molar-refractivity contribution in [3.05, 3.63) is 42.4 Å². The first kappa shape index (κ1) is 15.8. The number of carbonyl (C=O) groups is 1. The molecule has 1 heterocycles. The van der Waals surface area contributed by atoms with Gasteiger partial charge in [0.1, 0.15) is 17.3 Å². The molecule has 0 saturated heterocycles. The van der Waals surface area contributed by atoms with Crippen LogP contribution in [0.4, 0.5) is 10.5 Å². The Labute approximate surface area is 129 Å². The molecule has 22 heavy (non-hydrogen) atoms. The van der Waals surface area contributed by atoms with Gasteiger partial charge in [0.25, 0.3) is 0 Å². The van der Waals surface area contributed by atoms with Crippen LogP contribution in [0.5, 0.6) is 11.5 Å². The second-order valence-corrected chi connectivity index (χ2v) is 4.85. The van der Waals surface area contributed by atoms with Crippen LogP contribution in [-0.4, -0.2) is 26.3 Å². The van der Waals surface area contributed by atoms with E-state index in [1.165, 1.54) is 7.11 Å². The van der Waals surface area contributed by atoms with Crippen molar-refractivity contribution in [2.24, 2.45) is 0 Å². The number of furan rings is 1. The van der Waals surface area contributed by atoms with E-state index in [9.17, 15) is 4.79 Å². The first-order valence-corrected chi connectivity index (χ1v) is 6.94. The lowest BCUT2D eigenvalue weighted by Crippen LogP contribution is -2.37. The van der Waals surface area contributed by atoms with Crippen molar-refractivity contribution < 1.29 is 18.7 Å². The normalized spacial score (nSPS) is 11.6. The zero-order valence-electron chi connectivity index (χ0n) is 12.9. The summed E-state index contributed by atoms with van der Waals surface area (Å²) < 4.78 is 15.6. The largest absolute Gasteiger partial charge is 0.497 e. The van der Waals surface area contributed by atoms with Gasteiger partial charge in [-0.15, -0.1) is 0 Å². The van der Waals surface area contributed by atoms with Crippen LogP contribution in [0, 0.1) is 0 Å². The van der Waals surface area contributed by atoms with Crippen molar-refractivity contribution in [2.45, 2.75) is 19.4 Å². The Bertz CT molecular complexity index is 611. The van der Waals surface area contributed by atoms with Crippen LogP contribution >= 0.6 is 0 Å². The Balaban J connectivity index is 1.94. The molecule has 0 bridgehead atoms. The highest BCUT2D eigenvalue weighted by molar-refractivity contribution is 5.91. The summed E-state index contributed by atoms with van der Waals surface area (Å²) >= 11 is 0. The van der Waals surface area contributed by atoms with Crippen molar-refractivity contribution in [3.63, 3.8) is 0 Å². The van der Waals surface area contributed by atoms with Crippen molar-refractivity contribution in [1.29, 1.82) is 0 Å². The molecular weight excluding hydrogens is 284 g/mol. The molecule has 2 amide bonds. The summed E-state index contributed by atoms with van der Waals surface area (Å²) in [5.74, 6) is 2.03. The first-order valence-electron chi connectivity index (χ1n) is 6.94. The number of hydrogen-bond acceptors (Lipinski definition) is 4. The Morgan fingerprint density at radius 3 is 2.73 bits per heavy atom. The lowest BCUT2D eigenvalue weighted by molar-refractivity contribution is 0.248. The third-order valence-corrected chi connectivity index (χ3v) is 3.12. The highest BCUT2D eigenvalue weighted by Crippen LogP contribution is 2.28. The zero-order valence-corrected chi connectivity index (χ0v) is 12.9. The standard InChI is InChI=1S/C16H20N2O4/c1-11(9-13-5-4-8-22-13)17-16(19)18-14-7-6-12(20-2)10-15(14)21-3/h4-8,10-11H,9H2,1-3H3,(H2,17,18,19). The number of nitrogens with one attached hydrogen (secondary N) is 2. The van der Waals surface area contributed by atoms with Gasteiger partial charge in [0, 0.05) is 18.5 Å². The number of carbonyl (C=O) groups excluding carboxylic acids is 1. The lowest BCUT2D eigenvalue weighted by atomic mass is 10.2. The molecule has 1 aromatic carbocycles. The second kappa shape index (κ2) is 7.40. The van der Waals surface area contributed by atoms with E-state index in [-0.39, 0.29) is 12.1 Å². The third-order valence-electron chi connectivity index (χ3n) is 3.12. The van der Waals surface area contributed by atoms with E-state index in [0.29, 0.717) is 23.6 Å². The van der Waals surface area contributed by atoms with Crippen molar-refractivity contribution in [3.8, 4) is 11.5 Å². The molecule has 2 aromatic rings. The Morgan fingerprint density at radius 2 is 2.09 bits per heavy atom. The molecule has 0 aliphatic rings. The van der Waals surface area contributed by atoms with Gasteiger partial charge in [0.2, 0.25) is 0 Å². The fourth-order valence-electron chi connectivity index (χ4n) is 2.07.